The number of benzene rings is 1. The molecule has 0 saturated carbocycles. The Hall–Kier alpha value is -2.34. The number of amides is 1. The molecule has 0 saturated heterocycles. The topological polar surface area (TPSA) is 46.4 Å². The van der Waals surface area contributed by atoms with Crippen molar-refractivity contribution in [3.05, 3.63) is 80.7 Å². The summed E-state index contributed by atoms with van der Waals surface area (Å²) in [5, 5.41) is 10.4. The number of fused-ring (bicyclic) bond motifs is 1. The molecule has 26 heavy (non-hydrogen) atoms. The van der Waals surface area contributed by atoms with Crippen molar-refractivity contribution in [3.63, 3.8) is 0 Å². The van der Waals surface area contributed by atoms with Crippen LogP contribution in [-0.2, 0) is 6.54 Å². The highest BCUT2D eigenvalue weighted by molar-refractivity contribution is 7.09. The van der Waals surface area contributed by atoms with Gasteiger partial charge in [-0.25, -0.2) is 4.52 Å². The molecule has 0 unspecified atom stereocenters. The summed E-state index contributed by atoms with van der Waals surface area (Å²) in [6, 6.07) is 14.8. The maximum atomic E-state index is 12.6. The summed E-state index contributed by atoms with van der Waals surface area (Å²) in [6.07, 6.45) is 1.81. The lowest BCUT2D eigenvalue weighted by atomic mass is 10.1. The van der Waals surface area contributed by atoms with Crippen LogP contribution in [0.4, 0.5) is 0 Å². The van der Waals surface area contributed by atoms with Gasteiger partial charge in [0.25, 0.3) is 5.91 Å². The van der Waals surface area contributed by atoms with Gasteiger partial charge >= 0.3 is 0 Å². The summed E-state index contributed by atoms with van der Waals surface area (Å²) in [6.45, 7) is 0.472. The third kappa shape index (κ3) is 3.46. The molecule has 0 fully saturated rings. The molecule has 1 aromatic carbocycles. The average Bonchev–Trinajstić information content (AvgIpc) is 3.29. The van der Waals surface area contributed by atoms with Crippen LogP contribution >= 0.6 is 34.5 Å². The summed E-state index contributed by atoms with van der Waals surface area (Å²) in [5.41, 5.74) is 2.88. The Morgan fingerprint density at radius 2 is 1.92 bits per heavy atom. The van der Waals surface area contributed by atoms with Gasteiger partial charge in [0.05, 0.1) is 12.1 Å². The van der Waals surface area contributed by atoms with E-state index in [4.69, 9.17) is 23.2 Å². The van der Waals surface area contributed by atoms with Gasteiger partial charge in [0.1, 0.15) is 5.69 Å². The minimum absolute atomic E-state index is 0.233. The molecule has 1 N–H and O–H groups in total. The Bertz CT molecular complexity index is 1070. The molecule has 4 aromatic rings. The van der Waals surface area contributed by atoms with Gasteiger partial charge in [-0.15, -0.1) is 11.3 Å². The zero-order chi connectivity index (χ0) is 18.1. The molecule has 130 valence electrons. The number of nitrogens with zero attached hydrogens (tertiary/aromatic N) is 2. The molecular weight excluding hydrogens is 389 g/mol. The van der Waals surface area contributed by atoms with E-state index in [1.54, 1.807) is 34.2 Å². The second-order valence-electron chi connectivity index (χ2n) is 5.70. The van der Waals surface area contributed by atoms with Gasteiger partial charge in [-0.1, -0.05) is 29.3 Å². The molecule has 0 bridgehead atoms. The molecule has 4 nitrogen and oxygen atoms in total. The fourth-order valence-electron chi connectivity index (χ4n) is 2.75. The predicted octanol–water partition coefficient (Wildman–Crippen LogP) is 5.30. The lowest BCUT2D eigenvalue weighted by Gasteiger charge is -2.10. The van der Waals surface area contributed by atoms with Gasteiger partial charge in [-0.05, 0) is 53.4 Å². The van der Waals surface area contributed by atoms with Crippen molar-refractivity contribution in [1.82, 2.24) is 14.9 Å². The van der Waals surface area contributed by atoms with Crippen LogP contribution in [0.2, 0.25) is 10.0 Å². The fraction of sp³-hybridized carbons (Fsp3) is 0.0526. The van der Waals surface area contributed by atoms with Crippen molar-refractivity contribution in [2.75, 3.05) is 0 Å². The highest BCUT2D eigenvalue weighted by Gasteiger charge is 2.14. The first-order valence-corrected chi connectivity index (χ1v) is 9.49. The standard InChI is InChI=1S/C19H13Cl2N3OS/c20-13-7-12(8-14(21)9-13)16-10-17(23-24-5-1-4-18(16)24)19(25)22-11-15-3-2-6-26-15/h1-10H,11H2,(H,22,25). The number of hydrogen-bond donors (Lipinski definition) is 1. The zero-order valence-electron chi connectivity index (χ0n) is 13.4. The molecule has 0 spiro atoms. The molecule has 0 aliphatic carbocycles. The van der Waals surface area contributed by atoms with Gasteiger partial charge < -0.3 is 5.32 Å². The average molecular weight is 402 g/mol. The van der Waals surface area contributed by atoms with E-state index in [-0.39, 0.29) is 5.91 Å². The molecule has 0 radical (unpaired) electrons. The molecular formula is C19H13Cl2N3OS. The summed E-state index contributed by atoms with van der Waals surface area (Å²) in [4.78, 5) is 13.7. The minimum Gasteiger partial charge on any atom is -0.346 e. The lowest BCUT2D eigenvalue weighted by Crippen LogP contribution is -2.24. The summed E-state index contributed by atoms with van der Waals surface area (Å²) < 4.78 is 1.68. The summed E-state index contributed by atoms with van der Waals surface area (Å²) >= 11 is 13.9. The normalized spacial score (nSPS) is 11.0. The van der Waals surface area contributed by atoms with E-state index in [0.29, 0.717) is 22.3 Å². The number of nitrogens with one attached hydrogen (secondary N) is 1. The molecule has 3 aromatic heterocycles. The van der Waals surface area contributed by atoms with E-state index in [1.807, 2.05) is 41.8 Å². The molecule has 4 rings (SSSR count). The van der Waals surface area contributed by atoms with Gasteiger partial charge in [-0.2, -0.15) is 5.10 Å². The van der Waals surface area contributed by atoms with E-state index in [0.717, 1.165) is 21.5 Å². The Morgan fingerprint density at radius 1 is 1.12 bits per heavy atom. The van der Waals surface area contributed by atoms with Crippen molar-refractivity contribution in [2.24, 2.45) is 0 Å². The molecule has 0 atom stereocenters. The molecule has 7 heteroatoms. The van der Waals surface area contributed by atoms with Gasteiger partial charge in [0.15, 0.2) is 0 Å². The second-order valence-corrected chi connectivity index (χ2v) is 7.61. The number of carbonyl (C=O) groups excluding carboxylic acids is 1. The third-order valence-electron chi connectivity index (χ3n) is 3.91. The lowest BCUT2D eigenvalue weighted by molar-refractivity contribution is 0.0945. The number of thiophene rings is 1. The van der Waals surface area contributed by atoms with E-state index in [2.05, 4.69) is 10.4 Å². The number of rotatable bonds is 4. The second kappa shape index (κ2) is 7.11. The van der Waals surface area contributed by atoms with Crippen LogP contribution < -0.4 is 5.32 Å². The maximum absolute atomic E-state index is 12.6. The molecule has 3 heterocycles. The largest absolute Gasteiger partial charge is 0.346 e. The zero-order valence-corrected chi connectivity index (χ0v) is 15.8. The number of carbonyl (C=O) groups is 1. The van der Waals surface area contributed by atoms with Gasteiger partial charge in [-0.3, -0.25) is 4.79 Å². The highest BCUT2D eigenvalue weighted by Crippen LogP contribution is 2.30. The van der Waals surface area contributed by atoms with E-state index >= 15 is 0 Å². The Kier molecular flexibility index (Phi) is 4.68. The first kappa shape index (κ1) is 17.1. The molecule has 1 amide bonds. The highest BCUT2D eigenvalue weighted by atomic mass is 35.5. The SMILES string of the molecule is O=C(NCc1cccs1)c1cc(-c2cc(Cl)cc(Cl)c2)c2cccn2n1. The quantitative estimate of drug-likeness (QED) is 0.504. The van der Waals surface area contributed by atoms with Crippen LogP contribution in [0.1, 0.15) is 15.4 Å². The fourth-order valence-corrected chi connectivity index (χ4v) is 3.92. The van der Waals surface area contributed by atoms with Crippen molar-refractivity contribution < 1.29 is 4.79 Å². The smallest absolute Gasteiger partial charge is 0.272 e. The van der Waals surface area contributed by atoms with Gasteiger partial charge in [0, 0.05) is 26.7 Å². The van der Waals surface area contributed by atoms with Gasteiger partial charge in [0.2, 0.25) is 0 Å². The van der Waals surface area contributed by atoms with Crippen molar-refractivity contribution in [2.45, 2.75) is 6.54 Å². The monoisotopic (exact) mass is 401 g/mol. The first-order valence-electron chi connectivity index (χ1n) is 7.85. The molecule has 0 aliphatic rings. The van der Waals surface area contributed by atoms with Crippen LogP contribution in [0.15, 0.2) is 60.1 Å². The van der Waals surface area contributed by atoms with E-state index < -0.39 is 0 Å². The molecule has 0 aliphatic heterocycles. The predicted molar refractivity (Wildman–Crippen MR) is 106 cm³/mol. The number of hydrogen-bond acceptors (Lipinski definition) is 3. The van der Waals surface area contributed by atoms with Crippen molar-refractivity contribution in [3.8, 4) is 11.1 Å². The van der Waals surface area contributed by atoms with Crippen molar-refractivity contribution >= 4 is 46.0 Å². The minimum atomic E-state index is -0.233. The van der Waals surface area contributed by atoms with Crippen LogP contribution in [0.25, 0.3) is 16.6 Å². The first-order chi connectivity index (χ1) is 12.6. The van der Waals surface area contributed by atoms with Crippen LogP contribution in [-0.4, -0.2) is 15.5 Å². The van der Waals surface area contributed by atoms with E-state index in [9.17, 15) is 4.79 Å². The van der Waals surface area contributed by atoms with Crippen molar-refractivity contribution in [1.29, 1.82) is 0 Å². The Balaban J connectivity index is 1.73. The Morgan fingerprint density at radius 3 is 2.65 bits per heavy atom. The van der Waals surface area contributed by atoms with E-state index in [1.165, 1.54) is 0 Å². The van der Waals surface area contributed by atoms with Crippen LogP contribution in [0.3, 0.4) is 0 Å². The van der Waals surface area contributed by atoms with Crippen LogP contribution in [0, 0.1) is 0 Å². The third-order valence-corrected chi connectivity index (χ3v) is 5.22. The number of halogens is 2. The summed E-state index contributed by atoms with van der Waals surface area (Å²) in [5.74, 6) is -0.233. The summed E-state index contributed by atoms with van der Waals surface area (Å²) in [7, 11) is 0. The maximum Gasteiger partial charge on any atom is 0.272 e. The van der Waals surface area contributed by atoms with Crippen LogP contribution in [0.5, 0.6) is 0 Å². The Labute approximate surface area is 164 Å². The number of aromatic nitrogens is 2.